The van der Waals surface area contributed by atoms with Crippen LogP contribution in [0.2, 0.25) is 0 Å². The van der Waals surface area contributed by atoms with E-state index < -0.39 is 11.2 Å². The van der Waals surface area contributed by atoms with Crippen LogP contribution < -0.4 is 21.3 Å². The third-order valence-corrected chi connectivity index (χ3v) is 5.71. The summed E-state index contributed by atoms with van der Waals surface area (Å²) in [6.45, 7) is 1.74. The minimum Gasteiger partial charge on any atom is -0.483 e. The molecule has 8 nitrogen and oxygen atoms in total. The van der Waals surface area contributed by atoms with E-state index in [1.54, 1.807) is 30.3 Å². The Labute approximate surface area is 205 Å². The molecule has 0 aliphatic carbocycles. The second-order valence-electron chi connectivity index (χ2n) is 8.24. The van der Waals surface area contributed by atoms with Crippen molar-refractivity contribution in [3.63, 3.8) is 0 Å². The molecule has 0 bridgehead atoms. The fraction of sp³-hybridized carbons (Fsp3) is 0.0714. The van der Waals surface area contributed by atoms with Crippen LogP contribution in [0.1, 0.15) is 11.1 Å². The van der Waals surface area contributed by atoms with Gasteiger partial charge in [-0.3, -0.25) is 9.59 Å². The number of aromatic amines is 1. The predicted octanol–water partition coefficient (Wildman–Crippen LogP) is 4.05. The largest absolute Gasteiger partial charge is 0.483 e. The van der Waals surface area contributed by atoms with Gasteiger partial charge in [0.2, 0.25) is 0 Å². The van der Waals surface area contributed by atoms with Crippen molar-refractivity contribution < 1.29 is 9.53 Å². The van der Waals surface area contributed by atoms with Gasteiger partial charge in [0.15, 0.2) is 6.61 Å². The topological polar surface area (TPSA) is 106 Å². The van der Waals surface area contributed by atoms with Gasteiger partial charge in [-0.05, 0) is 48.0 Å². The molecule has 5 rings (SSSR count). The van der Waals surface area contributed by atoms with Crippen LogP contribution in [0.15, 0.2) is 99.6 Å². The van der Waals surface area contributed by atoms with Gasteiger partial charge in [0, 0.05) is 11.3 Å². The molecular formula is C28H22N4O4. The number of ether oxygens (including phenoxy) is 1. The number of hydrogen-bond donors (Lipinski definition) is 2. The Hall–Kier alpha value is -4.98. The molecule has 0 atom stereocenters. The van der Waals surface area contributed by atoms with Crippen molar-refractivity contribution in [2.45, 2.75) is 6.92 Å². The zero-order chi connectivity index (χ0) is 25.1. The van der Waals surface area contributed by atoms with Crippen molar-refractivity contribution in [1.29, 1.82) is 0 Å². The van der Waals surface area contributed by atoms with E-state index in [-0.39, 0.29) is 12.5 Å². The normalized spacial score (nSPS) is 11.2. The molecule has 0 saturated carbocycles. The predicted molar refractivity (Wildman–Crippen MR) is 141 cm³/mol. The van der Waals surface area contributed by atoms with Gasteiger partial charge < -0.3 is 15.0 Å². The van der Waals surface area contributed by atoms with Crippen LogP contribution in [0.3, 0.4) is 0 Å². The number of nitrogens with zero attached hydrogens (tertiary/aromatic N) is 2. The van der Waals surface area contributed by atoms with Crippen molar-refractivity contribution in [3.8, 4) is 5.75 Å². The van der Waals surface area contributed by atoms with Gasteiger partial charge in [-0.25, -0.2) is 4.79 Å². The summed E-state index contributed by atoms with van der Waals surface area (Å²) in [4.78, 5) is 40.6. The number of H-pyrrole nitrogens is 1. The zero-order valence-electron chi connectivity index (χ0n) is 19.4. The van der Waals surface area contributed by atoms with Gasteiger partial charge in [-0.1, -0.05) is 60.2 Å². The SMILES string of the molecule is Cc1ccc(NC(=O)COc2ccc3ccccc3c2C=Nn2c(=O)[nH]c3ccccc3c2=O)cc1. The summed E-state index contributed by atoms with van der Waals surface area (Å²) in [6.07, 6.45) is 1.40. The van der Waals surface area contributed by atoms with Gasteiger partial charge >= 0.3 is 5.69 Å². The van der Waals surface area contributed by atoms with Crippen LogP contribution >= 0.6 is 0 Å². The average molecular weight is 479 g/mol. The number of fused-ring (bicyclic) bond motifs is 2. The van der Waals surface area contributed by atoms with Crippen molar-refractivity contribution >= 4 is 39.5 Å². The number of carbonyl (C=O) groups is 1. The maximum absolute atomic E-state index is 12.9. The first-order chi connectivity index (χ1) is 17.5. The van der Waals surface area contributed by atoms with Crippen LogP contribution in [0.4, 0.5) is 5.69 Å². The molecule has 0 unspecified atom stereocenters. The molecule has 8 heteroatoms. The second-order valence-corrected chi connectivity index (χ2v) is 8.24. The summed E-state index contributed by atoms with van der Waals surface area (Å²) in [5.74, 6) is 0.0684. The Bertz CT molecular complexity index is 1730. The molecule has 0 radical (unpaired) electrons. The van der Waals surface area contributed by atoms with E-state index in [0.717, 1.165) is 21.0 Å². The summed E-state index contributed by atoms with van der Waals surface area (Å²) in [7, 11) is 0. The molecule has 178 valence electrons. The van der Waals surface area contributed by atoms with E-state index in [9.17, 15) is 14.4 Å². The highest BCUT2D eigenvalue weighted by Gasteiger charge is 2.11. The minimum atomic E-state index is -0.657. The molecule has 1 amide bonds. The van der Waals surface area contributed by atoms with Gasteiger partial charge in [-0.15, -0.1) is 4.68 Å². The number of carbonyl (C=O) groups excluding carboxylic acids is 1. The minimum absolute atomic E-state index is 0.233. The van der Waals surface area contributed by atoms with E-state index >= 15 is 0 Å². The van der Waals surface area contributed by atoms with Crippen LogP contribution in [0, 0.1) is 6.92 Å². The van der Waals surface area contributed by atoms with Crippen LogP contribution in [0.25, 0.3) is 21.7 Å². The number of amides is 1. The van der Waals surface area contributed by atoms with Gasteiger partial charge in [-0.2, -0.15) is 5.10 Å². The number of rotatable bonds is 6. The molecule has 1 aromatic heterocycles. The van der Waals surface area contributed by atoms with Crippen molar-refractivity contribution in [3.05, 3.63) is 117 Å². The third kappa shape index (κ3) is 4.65. The van der Waals surface area contributed by atoms with E-state index in [0.29, 0.717) is 27.9 Å². The second kappa shape index (κ2) is 9.71. The molecule has 5 aromatic rings. The summed E-state index contributed by atoms with van der Waals surface area (Å²) in [5, 5.41) is 9.04. The maximum atomic E-state index is 12.9. The number of aromatic nitrogens is 2. The third-order valence-electron chi connectivity index (χ3n) is 5.71. The van der Waals surface area contributed by atoms with E-state index in [4.69, 9.17) is 4.74 Å². The van der Waals surface area contributed by atoms with E-state index in [2.05, 4.69) is 15.4 Å². The highest BCUT2D eigenvalue weighted by molar-refractivity contribution is 6.02. The average Bonchev–Trinajstić information content (AvgIpc) is 2.89. The highest BCUT2D eigenvalue weighted by Crippen LogP contribution is 2.27. The smallest absolute Gasteiger partial charge is 0.349 e. The fourth-order valence-corrected chi connectivity index (χ4v) is 3.89. The first-order valence-corrected chi connectivity index (χ1v) is 11.3. The van der Waals surface area contributed by atoms with Crippen molar-refractivity contribution in [2.24, 2.45) is 5.10 Å². The molecule has 0 fully saturated rings. The lowest BCUT2D eigenvalue weighted by Gasteiger charge is -2.12. The lowest BCUT2D eigenvalue weighted by Crippen LogP contribution is -2.32. The summed E-state index contributed by atoms with van der Waals surface area (Å²) in [6, 6.07) is 25.4. The molecule has 0 saturated heterocycles. The number of anilines is 1. The molecule has 0 aliphatic heterocycles. The van der Waals surface area contributed by atoms with Crippen LogP contribution in [-0.2, 0) is 4.79 Å². The summed E-state index contributed by atoms with van der Waals surface area (Å²) >= 11 is 0. The highest BCUT2D eigenvalue weighted by atomic mass is 16.5. The monoisotopic (exact) mass is 478 g/mol. The Kier molecular flexibility index (Phi) is 6.15. The Balaban J connectivity index is 1.47. The number of nitrogens with one attached hydrogen (secondary N) is 2. The molecule has 0 spiro atoms. The quantitative estimate of drug-likeness (QED) is 0.359. The van der Waals surface area contributed by atoms with Crippen LogP contribution in [-0.4, -0.2) is 28.4 Å². The zero-order valence-corrected chi connectivity index (χ0v) is 19.4. The van der Waals surface area contributed by atoms with Crippen molar-refractivity contribution in [1.82, 2.24) is 9.66 Å². The van der Waals surface area contributed by atoms with E-state index in [1.807, 2.05) is 61.5 Å². The number of para-hydroxylation sites is 1. The van der Waals surface area contributed by atoms with Gasteiger partial charge in [0.25, 0.3) is 11.5 Å². The first-order valence-electron chi connectivity index (χ1n) is 11.3. The standard InChI is InChI=1S/C28H22N4O4/c1-18-10-13-20(14-11-18)30-26(33)17-36-25-15-12-19-6-2-3-7-21(19)23(25)16-29-32-27(34)22-8-4-5-9-24(22)31-28(32)35/h2-16H,17H2,1H3,(H,30,33)(H,31,35). The summed E-state index contributed by atoms with van der Waals surface area (Å²) in [5.41, 5.74) is 1.54. The molecule has 4 aromatic carbocycles. The molecule has 0 aliphatic rings. The van der Waals surface area contributed by atoms with E-state index in [1.165, 1.54) is 6.21 Å². The number of hydrogen-bond acceptors (Lipinski definition) is 5. The number of benzene rings is 4. The fourth-order valence-electron chi connectivity index (χ4n) is 3.89. The Morgan fingerprint density at radius 3 is 2.47 bits per heavy atom. The van der Waals surface area contributed by atoms with Crippen LogP contribution in [0.5, 0.6) is 5.75 Å². The number of aryl methyl sites for hydroxylation is 1. The lowest BCUT2D eigenvalue weighted by atomic mass is 10.0. The van der Waals surface area contributed by atoms with Crippen molar-refractivity contribution in [2.75, 3.05) is 11.9 Å². The van der Waals surface area contributed by atoms with Gasteiger partial charge in [0.1, 0.15) is 5.75 Å². The molecule has 36 heavy (non-hydrogen) atoms. The lowest BCUT2D eigenvalue weighted by molar-refractivity contribution is -0.118. The molecular weight excluding hydrogens is 456 g/mol. The molecule has 2 N–H and O–H groups in total. The first kappa shape index (κ1) is 22.8. The summed E-state index contributed by atoms with van der Waals surface area (Å²) < 4.78 is 6.62. The Morgan fingerprint density at radius 2 is 1.67 bits per heavy atom. The molecule has 1 heterocycles. The maximum Gasteiger partial charge on any atom is 0.349 e. The Morgan fingerprint density at radius 1 is 0.944 bits per heavy atom. The van der Waals surface area contributed by atoms with Gasteiger partial charge in [0.05, 0.1) is 17.1 Å².